The van der Waals surface area contributed by atoms with Crippen molar-refractivity contribution in [1.29, 1.82) is 0 Å². The number of hydrogen-bond acceptors (Lipinski definition) is 15. The lowest BCUT2D eigenvalue weighted by Gasteiger charge is -2.10. The maximum atomic E-state index is 13.2. The fourth-order valence-electron chi connectivity index (χ4n) is 5.97. The molecule has 60 heavy (non-hydrogen) atoms. The summed E-state index contributed by atoms with van der Waals surface area (Å²) >= 11 is 0. The van der Waals surface area contributed by atoms with Crippen molar-refractivity contribution in [3.63, 3.8) is 0 Å². The number of halogens is 1. The SMILES string of the molecule is COc1cc(C(=O)c2cccn3c(OCCOCCOCCOCCOCCOCCOc4ncc5c(C(=O)c6ccc(N)c(OC)c6)cccn45)ncc23)ccc1N.Cl. The summed E-state index contributed by atoms with van der Waals surface area (Å²) in [5.74, 6) is 0.509. The van der Waals surface area contributed by atoms with Crippen LogP contribution in [0, 0.1) is 0 Å². The van der Waals surface area contributed by atoms with Gasteiger partial charge in [0.15, 0.2) is 11.6 Å². The number of anilines is 2. The number of ether oxygens (including phenoxy) is 9. The summed E-state index contributed by atoms with van der Waals surface area (Å²) in [5, 5.41) is 0. The second-order valence-electron chi connectivity index (χ2n) is 12.8. The molecule has 0 bridgehead atoms. The van der Waals surface area contributed by atoms with Gasteiger partial charge in [-0.25, -0.2) is 9.97 Å². The second kappa shape index (κ2) is 23.0. The Morgan fingerprint density at radius 2 is 0.883 bits per heavy atom. The number of nitrogens with two attached hydrogens (primary N) is 2. The number of fused-ring (bicyclic) bond motifs is 2. The lowest BCUT2D eigenvalue weighted by Crippen LogP contribution is -2.15. The van der Waals surface area contributed by atoms with Crippen LogP contribution in [-0.4, -0.2) is 124 Å². The molecular weight excluding hydrogens is 800 g/mol. The third-order valence-corrected chi connectivity index (χ3v) is 8.96. The number of pyridine rings is 2. The van der Waals surface area contributed by atoms with E-state index in [-0.39, 0.29) is 37.2 Å². The van der Waals surface area contributed by atoms with Crippen LogP contribution in [0.2, 0.25) is 0 Å². The van der Waals surface area contributed by atoms with E-state index in [1.54, 1.807) is 94.3 Å². The minimum atomic E-state index is -0.184. The van der Waals surface area contributed by atoms with Gasteiger partial charge in [-0.2, -0.15) is 0 Å². The Hall–Kier alpha value is -5.95. The molecule has 0 aliphatic rings. The van der Waals surface area contributed by atoms with Gasteiger partial charge in [-0.3, -0.25) is 18.4 Å². The molecule has 6 rings (SSSR count). The number of benzene rings is 2. The summed E-state index contributed by atoms with van der Waals surface area (Å²) in [4.78, 5) is 35.2. The molecule has 2 aromatic carbocycles. The molecule has 0 fully saturated rings. The van der Waals surface area contributed by atoms with Gasteiger partial charge in [-0.15, -0.1) is 12.4 Å². The van der Waals surface area contributed by atoms with Crippen LogP contribution in [0.1, 0.15) is 31.8 Å². The maximum Gasteiger partial charge on any atom is 0.301 e. The molecule has 6 aromatic rings. The van der Waals surface area contributed by atoms with E-state index >= 15 is 0 Å². The first kappa shape index (κ1) is 45.1. The fraction of sp³-hybridized carbons (Fsp3) is 0.333. The van der Waals surface area contributed by atoms with Gasteiger partial charge in [0.2, 0.25) is 0 Å². The standard InChI is InChI=1S/C42H48N6O11.ClH/c1-51-37-25-29(7-9-33(37)43)39(49)31-5-3-11-47-35(31)27-45-41(47)58-23-21-56-19-17-54-15-13-53-14-16-55-18-20-57-22-24-59-42-46-28-36-32(6-4-12-48(36)42)40(50)30-8-10-34(44)38(26-30)52-2;/h3-12,25-28H,13-24,43-44H2,1-2H3;1H. The number of carbonyl (C=O) groups excluding carboxylic acids is 2. The second-order valence-corrected chi connectivity index (χ2v) is 12.8. The molecule has 0 radical (unpaired) electrons. The molecule has 0 atom stereocenters. The lowest BCUT2D eigenvalue weighted by molar-refractivity contribution is -0.0144. The maximum absolute atomic E-state index is 13.2. The molecule has 18 heteroatoms. The summed E-state index contributed by atoms with van der Waals surface area (Å²) in [5.41, 5.74) is 15.8. The van der Waals surface area contributed by atoms with Crippen molar-refractivity contribution < 1.29 is 52.2 Å². The van der Waals surface area contributed by atoms with Crippen molar-refractivity contribution in [2.24, 2.45) is 0 Å². The number of methoxy groups -OCH3 is 2. The minimum Gasteiger partial charge on any atom is -0.495 e. The zero-order chi connectivity index (χ0) is 41.4. The predicted octanol–water partition coefficient (Wildman–Crippen LogP) is 4.59. The van der Waals surface area contributed by atoms with Crippen molar-refractivity contribution in [3.05, 3.63) is 108 Å². The molecule has 4 aromatic heterocycles. The van der Waals surface area contributed by atoms with Gasteiger partial charge < -0.3 is 54.1 Å². The molecule has 4 N–H and O–H groups in total. The van der Waals surface area contributed by atoms with E-state index in [0.717, 1.165) is 0 Å². The highest BCUT2D eigenvalue weighted by molar-refractivity contribution is 6.14. The van der Waals surface area contributed by atoms with Crippen molar-refractivity contribution in [2.75, 3.05) is 105 Å². The van der Waals surface area contributed by atoms with Crippen LogP contribution in [-0.2, 0) is 23.7 Å². The van der Waals surface area contributed by atoms with Gasteiger partial charge in [-0.05, 0) is 60.7 Å². The largest absolute Gasteiger partial charge is 0.495 e. The van der Waals surface area contributed by atoms with Crippen LogP contribution < -0.4 is 30.4 Å². The number of hydrogen-bond donors (Lipinski definition) is 2. The molecular formula is C42H49ClN6O11. The minimum absolute atomic E-state index is 0. The number of ketones is 2. The highest BCUT2D eigenvalue weighted by atomic mass is 35.5. The number of rotatable bonds is 26. The molecule has 0 unspecified atom stereocenters. The number of imidazole rings is 2. The quantitative estimate of drug-likeness (QED) is 0.0436. The molecule has 0 saturated carbocycles. The third-order valence-electron chi connectivity index (χ3n) is 8.96. The molecule has 0 aliphatic carbocycles. The first-order valence-electron chi connectivity index (χ1n) is 18.9. The Bertz CT molecular complexity index is 2160. The summed E-state index contributed by atoms with van der Waals surface area (Å²) < 4.78 is 53.5. The normalized spacial score (nSPS) is 11.1. The molecule has 0 aliphatic heterocycles. The predicted molar refractivity (Wildman–Crippen MR) is 224 cm³/mol. The van der Waals surface area contributed by atoms with Crippen LogP contribution in [0.4, 0.5) is 11.4 Å². The van der Waals surface area contributed by atoms with Crippen LogP contribution in [0.3, 0.4) is 0 Å². The molecule has 0 spiro atoms. The van der Waals surface area contributed by atoms with Crippen LogP contribution in [0.25, 0.3) is 11.0 Å². The van der Waals surface area contributed by atoms with Gasteiger partial charge in [0.25, 0.3) is 0 Å². The van der Waals surface area contributed by atoms with E-state index in [9.17, 15) is 9.59 Å². The zero-order valence-corrected chi connectivity index (χ0v) is 34.2. The van der Waals surface area contributed by atoms with E-state index in [0.29, 0.717) is 134 Å². The first-order chi connectivity index (χ1) is 28.9. The summed E-state index contributed by atoms with van der Waals surface area (Å²) in [6, 6.07) is 17.6. The molecule has 0 saturated heterocycles. The summed E-state index contributed by atoms with van der Waals surface area (Å²) in [6.45, 7) is 4.53. The van der Waals surface area contributed by atoms with Crippen LogP contribution >= 0.6 is 12.4 Å². The monoisotopic (exact) mass is 848 g/mol. The Morgan fingerprint density at radius 3 is 1.23 bits per heavy atom. The van der Waals surface area contributed by atoms with E-state index in [1.165, 1.54) is 14.2 Å². The van der Waals surface area contributed by atoms with Gasteiger partial charge in [-0.1, -0.05) is 0 Å². The van der Waals surface area contributed by atoms with Gasteiger partial charge in [0, 0.05) is 34.6 Å². The topological polar surface area (TPSA) is 204 Å². The third kappa shape index (κ3) is 11.6. The fourth-order valence-corrected chi connectivity index (χ4v) is 5.97. The van der Waals surface area contributed by atoms with Crippen molar-refractivity contribution in [3.8, 4) is 23.5 Å². The van der Waals surface area contributed by atoms with Gasteiger partial charge in [0.05, 0.1) is 115 Å². The summed E-state index contributed by atoms with van der Waals surface area (Å²) in [6.07, 6.45) is 6.77. The zero-order valence-electron chi connectivity index (χ0n) is 33.4. The molecule has 0 amide bonds. The van der Waals surface area contributed by atoms with E-state index in [1.807, 2.05) is 0 Å². The Morgan fingerprint density at radius 1 is 0.533 bits per heavy atom. The smallest absolute Gasteiger partial charge is 0.301 e. The number of nitrogens with zero attached hydrogens (tertiary/aromatic N) is 4. The van der Waals surface area contributed by atoms with Crippen molar-refractivity contribution >= 4 is 46.4 Å². The van der Waals surface area contributed by atoms with Crippen molar-refractivity contribution in [1.82, 2.24) is 18.8 Å². The summed E-state index contributed by atoms with van der Waals surface area (Å²) in [7, 11) is 3.01. The highest BCUT2D eigenvalue weighted by Crippen LogP contribution is 2.27. The highest BCUT2D eigenvalue weighted by Gasteiger charge is 2.19. The van der Waals surface area contributed by atoms with E-state index in [4.69, 9.17) is 54.1 Å². The number of carbonyl (C=O) groups is 2. The van der Waals surface area contributed by atoms with Gasteiger partial charge in [0.1, 0.15) is 24.7 Å². The average Bonchev–Trinajstić information content (AvgIpc) is 3.88. The molecule has 320 valence electrons. The Kier molecular flexibility index (Phi) is 17.3. The van der Waals surface area contributed by atoms with Crippen LogP contribution in [0.5, 0.6) is 23.5 Å². The number of aromatic nitrogens is 4. The van der Waals surface area contributed by atoms with E-state index in [2.05, 4.69) is 9.97 Å². The van der Waals surface area contributed by atoms with E-state index < -0.39 is 0 Å². The average molecular weight is 849 g/mol. The van der Waals surface area contributed by atoms with Gasteiger partial charge >= 0.3 is 12.0 Å². The lowest BCUT2D eigenvalue weighted by atomic mass is 10.0. The first-order valence-corrected chi connectivity index (χ1v) is 18.9. The van der Waals surface area contributed by atoms with Crippen molar-refractivity contribution in [2.45, 2.75) is 0 Å². The Labute approximate surface area is 352 Å². The number of nitrogen functional groups attached to an aromatic ring is 2. The molecule has 4 heterocycles. The molecule has 17 nitrogen and oxygen atoms in total. The Balaban J connectivity index is 0.00000683. The van der Waals surface area contributed by atoms with Crippen LogP contribution in [0.15, 0.2) is 85.5 Å².